The molecule has 0 aliphatic heterocycles. The molecule has 4 rings (SSSR count). The van der Waals surface area contributed by atoms with Gasteiger partial charge in [-0.2, -0.15) is 16.8 Å². The summed E-state index contributed by atoms with van der Waals surface area (Å²) in [6.07, 6.45) is 0. The smallest absolute Gasteiger partial charge is 0.282 e. The lowest BCUT2D eigenvalue weighted by atomic mass is 9.87. The second-order valence-corrected chi connectivity index (χ2v) is 21.2. The van der Waals surface area contributed by atoms with Gasteiger partial charge in [-0.3, -0.25) is 9.11 Å². The van der Waals surface area contributed by atoms with Crippen molar-refractivity contribution in [1.82, 2.24) is 0 Å². The van der Waals surface area contributed by atoms with Crippen molar-refractivity contribution in [3.8, 4) is 0 Å². The summed E-state index contributed by atoms with van der Waals surface area (Å²) in [4.78, 5) is 1.80. The van der Waals surface area contributed by atoms with E-state index in [1.807, 2.05) is 12.1 Å². The minimum atomic E-state index is -4.87. The van der Waals surface area contributed by atoms with Crippen molar-refractivity contribution in [2.45, 2.75) is 95.8 Å². The van der Waals surface area contributed by atoms with Crippen LogP contribution < -0.4 is 0 Å². The van der Waals surface area contributed by atoms with Crippen LogP contribution in [0.1, 0.15) is 47.1 Å². The largest absolute Gasteiger partial charge is 0.295 e. The molecule has 46 heavy (non-hydrogen) atoms. The molecule has 0 fully saturated rings. The topological polar surface area (TPSA) is 143 Å². The highest BCUT2D eigenvalue weighted by Crippen LogP contribution is 2.39. The van der Waals surface area contributed by atoms with Crippen LogP contribution in [0.15, 0.2) is 129 Å². The van der Waals surface area contributed by atoms with Gasteiger partial charge in [-0.1, -0.05) is 71.1 Å². The van der Waals surface area contributed by atoms with Crippen LogP contribution in [0.3, 0.4) is 0 Å². The molecule has 0 bridgehead atoms. The molecule has 4 aromatic carbocycles. The summed E-state index contributed by atoms with van der Waals surface area (Å²) in [6, 6.07) is 22.2. The quantitative estimate of drug-likeness (QED) is 0.126. The third kappa shape index (κ3) is 9.19. The monoisotopic (exact) mass is 738 g/mol. The number of rotatable bonds is 9. The van der Waals surface area contributed by atoms with E-state index in [1.165, 1.54) is 29.2 Å². The Labute approximate surface area is 284 Å². The Morgan fingerprint density at radius 1 is 0.522 bits per heavy atom. The van der Waals surface area contributed by atoms with Crippen molar-refractivity contribution in [3.05, 3.63) is 90.5 Å². The van der Waals surface area contributed by atoms with E-state index < -0.39 is 55.1 Å². The molecule has 0 heterocycles. The first kappa shape index (κ1) is 36.5. The molecule has 0 aliphatic carbocycles. The lowest BCUT2D eigenvalue weighted by Gasteiger charge is -2.22. The SMILES string of the molecule is CC(C)(C)Sc1ccc(Sc2ccc(Sc3ccc(S(=O)(=O)c4ccc(C(C)(C)C)c(S(=O)(=O)O)c4)cc3S(=O)(=O)O)cc2)cc1. The molecule has 2 N–H and O–H groups in total. The van der Waals surface area contributed by atoms with E-state index in [-0.39, 0.29) is 15.2 Å². The first-order valence-corrected chi connectivity index (χ1v) is 20.6. The van der Waals surface area contributed by atoms with Crippen LogP contribution in [0, 0.1) is 0 Å². The first-order valence-electron chi connectivity index (χ1n) is 13.8. The van der Waals surface area contributed by atoms with E-state index in [4.69, 9.17) is 0 Å². The maximum atomic E-state index is 13.5. The van der Waals surface area contributed by atoms with Gasteiger partial charge in [0.05, 0.1) is 14.7 Å². The maximum absolute atomic E-state index is 13.5. The van der Waals surface area contributed by atoms with Crippen molar-refractivity contribution in [3.63, 3.8) is 0 Å². The lowest BCUT2D eigenvalue weighted by molar-refractivity contribution is 0.475. The molecule has 0 saturated heterocycles. The fourth-order valence-corrected chi connectivity index (χ4v) is 10.4. The van der Waals surface area contributed by atoms with Crippen LogP contribution in [0.4, 0.5) is 0 Å². The van der Waals surface area contributed by atoms with E-state index in [0.29, 0.717) is 4.90 Å². The summed E-state index contributed by atoms with van der Waals surface area (Å²) in [7, 11) is -14.1. The van der Waals surface area contributed by atoms with Crippen LogP contribution >= 0.6 is 35.3 Å². The highest BCUT2D eigenvalue weighted by atomic mass is 32.2. The normalized spacial score (nSPS) is 13.1. The molecule has 0 atom stereocenters. The van der Waals surface area contributed by atoms with Gasteiger partial charge in [-0.05, 0) is 89.8 Å². The molecule has 246 valence electrons. The summed E-state index contributed by atoms with van der Waals surface area (Å²) in [5.41, 5.74) is -0.533. The average molecular weight is 739 g/mol. The summed E-state index contributed by atoms with van der Waals surface area (Å²) < 4.78 is 96.0. The minimum Gasteiger partial charge on any atom is -0.282 e. The number of hydrogen-bond acceptors (Lipinski definition) is 9. The maximum Gasteiger partial charge on any atom is 0.295 e. The highest BCUT2D eigenvalue weighted by Gasteiger charge is 2.29. The molecule has 14 heteroatoms. The van der Waals surface area contributed by atoms with Gasteiger partial charge >= 0.3 is 0 Å². The summed E-state index contributed by atoms with van der Waals surface area (Å²) in [5, 5.41) is 0. The second-order valence-electron chi connectivity index (χ2n) is 12.3. The van der Waals surface area contributed by atoms with E-state index in [2.05, 4.69) is 45.0 Å². The Hall–Kier alpha value is -2.30. The van der Waals surface area contributed by atoms with Gasteiger partial charge in [0.1, 0.15) is 4.90 Å². The zero-order chi connectivity index (χ0) is 34.3. The van der Waals surface area contributed by atoms with Gasteiger partial charge in [-0.15, -0.1) is 11.8 Å². The molecular formula is C32H34O8S6. The number of thioether (sulfide) groups is 1. The van der Waals surface area contributed by atoms with Crippen LogP contribution in [-0.2, 0) is 35.5 Å². The summed E-state index contributed by atoms with van der Waals surface area (Å²) in [5.74, 6) is 0. The van der Waals surface area contributed by atoms with Crippen LogP contribution in [0.2, 0.25) is 0 Å². The Kier molecular flexibility index (Phi) is 10.6. The predicted molar refractivity (Wildman–Crippen MR) is 183 cm³/mol. The second kappa shape index (κ2) is 13.3. The highest BCUT2D eigenvalue weighted by molar-refractivity contribution is 8.01. The van der Waals surface area contributed by atoms with E-state index in [0.717, 1.165) is 33.7 Å². The molecular weight excluding hydrogens is 705 g/mol. The Balaban J connectivity index is 1.61. The van der Waals surface area contributed by atoms with Gasteiger partial charge in [0.25, 0.3) is 20.2 Å². The standard InChI is InChI=1S/C32H34O8S6/c1-31(2,3)27-17-15-25(19-29(27)45(35,36)37)44(33,34)26-16-18-28(30(20-26)46(38,39)40)42-23-9-7-21(8-10-23)41-22-11-13-24(14-12-22)43-32(4,5)6/h7-20H,1-6H3,(H,35,36,37)(H,38,39,40). The zero-order valence-corrected chi connectivity index (χ0v) is 30.8. The van der Waals surface area contributed by atoms with Crippen molar-refractivity contribution < 1.29 is 34.4 Å². The fourth-order valence-electron chi connectivity index (χ4n) is 4.35. The fraction of sp³-hybridized carbons (Fsp3) is 0.250. The summed E-state index contributed by atoms with van der Waals surface area (Å²) >= 11 is 4.39. The Morgan fingerprint density at radius 3 is 1.37 bits per heavy atom. The molecule has 0 radical (unpaired) electrons. The summed E-state index contributed by atoms with van der Waals surface area (Å²) in [6.45, 7) is 11.6. The molecule has 0 aliphatic rings. The van der Waals surface area contributed by atoms with Gasteiger partial charge in [-0.25, -0.2) is 8.42 Å². The van der Waals surface area contributed by atoms with Crippen LogP contribution in [0.5, 0.6) is 0 Å². The van der Waals surface area contributed by atoms with Gasteiger partial charge in [0.15, 0.2) is 0 Å². The molecule has 4 aromatic rings. The number of hydrogen-bond donors (Lipinski definition) is 2. The molecule has 0 spiro atoms. The number of sulfone groups is 1. The van der Waals surface area contributed by atoms with Crippen LogP contribution in [-0.4, -0.2) is 39.1 Å². The van der Waals surface area contributed by atoms with Crippen molar-refractivity contribution in [2.24, 2.45) is 0 Å². The van der Waals surface area contributed by atoms with E-state index in [9.17, 15) is 34.4 Å². The first-order chi connectivity index (χ1) is 21.0. The van der Waals surface area contributed by atoms with Crippen molar-refractivity contribution >= 4 is 65.4 Å². The number of benzene rings is 4. The minimum absolute atomic E-state index is 0.0931. The lowest BCUT2D eigenvalue weighted by Crippen LogP contribution is -2.17. The molecule has 0 amide bonds. The average Bonchev–Trinajstić information content (AvgIpc) is 2.92. The van der Waals surface area contributed by atoms with Gasteiger partial charge < -0.3 is 0 Å². The van der Waals surface area contributed by atoms with E-state index >= 15 is 0 Å². The van der Waals surface area contributed by atoms with Crippen LogP contribution in [0.25, 0.3) is 0 Å². The third-order valence-corrected chi connectivity index (χ3v) is 13.3. The molecule has 0 aromatic heterocycles. The Bertz CT molecular complexity index is 2080. The van der Waals surface area contributed by atoms with E-state index in [1.54, 1.807) is 56.4 Å². The Morgan fingerprint density at radius 2 is 0.935 bits per heavy atom. The van der Waals surface area contributed by atoms with Crippen molar-refractivity contribution in [2.75, 3.05) is 0 Å². The zero-order valence-electron chi connectivity index (χ0n) is 25.9. The van der Waals surface area contributed by atoms with Gasteiger partial charge in [0, 0.05) is 29.2 Å². The molecule has 0 unspecified atom stereocenters. The van der Waals surface area contributed by atoms with Crippen molar-refractivity contribution in [1.29, 1.82) is 0 Å². The third-order valence-electron chi connectivity index (χ3n) is 6.39. The molecule has 8 nitrogen and oxygen atoms in total. The molecule has 0 saturated carbocycles. The van der Waals surface area contributed by atoms with Gasteiger partial charge in [0.2, 0.25) is 9.84 Å². The predicted octanol–water partition coefficient (Wildman–Crippen LogP) is 8.50.